The molecular weight excluding hydrogens is 410 g/mol. The van der Waals surface area contributed by atoms with Crippen LogP contribution in [0.15, 0.2) is 42.5 Å². The number of methoxy groups -OCH3 is 2. The second-order valence-corrected chi connectivity index (χ2v) is 7.67. The molecule has 2 aromatic carbocycles. The quantitative estimate of drug-likeness (QED) is 0.683. The zero-order valence-corrected chi connectivity index (χ0v) is 18.9. The number of amides is 3. The van der Waals surface area contributed by atoms with Crippen molar-refractivity contribution in [3.05, 3.63) is 48.0 Å². The highest BCUT2D eigenvalue weighted by molar-refractivity contribution is 6.04. The number of nitrogens with one attached hydrogen (secondary N) is 1. The SMILES string of the molecule is CCN(Cc1cccc(NC(=O)C2CC(=O)N(c3ccc(OC)cc3OC)C2)c1)C(C)=O. The van der Waals surface area contributed by atoms with Crippen molar-refractivity contribution in [2.75, 3.05) is 37.5 Å². The number of hydrogen-bond acceptors (Lipinski definition) is 5. The van der Waals surface area contributed by atoms with Crippen molar-refractivity contribution in [1.29, 1.82) is 0 Å². The molecule has 8 heteroatoms. The fourth-order valence-corrected chi connectivity index (χ4v) is 3.78. The molecule has 1 unspecified atom stereocenters. The molecule has 1 aliphatic rings. The van der Waals surface area contributed by atoms with Crippen LogP contribution in [0.4, 0.5) is 11.4 Å². The van der Waals surface area contributed by atoms with Gasteiger partial charge in [-0.3, -0.25) is 14.4 Å². The van der Waals surface area contributed by atoms with Crippen molar-refractivity contribution in [2.24, 2.45) is 5.92 Å². The third-order valence-corrected chi connectivity index (χ3v) is 5.57. The molecule has 170 valence electrons. The molecule has 1 fully saturated rings. The van der Waals surface area contributed by atoms with Gasteiger partial charge in [-0.25, -0.2) is 0 Å². The number of hydrogen-bond donors (Lipinski definition) is 1. The van der Waals surface area contributed by atoms with Gasteiger partial charge >= 0.3 is 0 Å². The monoisotopic (exact) mass is 439 g/mol. The van der Waals surface area contributed by atoms with Crippen LogP contribution in [-0.2, 0) is 20.9 Å². The summed E-state index contributed by atoms with van der Waals surface area (Å²) in [5.74, 6) is 0.296. The van der Waals surface area contributed by atoms with E-state index in [1.54, 1.807) is 41.2 Å². The molecule has 0 bridgehead atoms. The first kappa shape index (κ1) is 23.1. The third-order valence-electron chi connectivity index (χ3n) is 5.57. The molecule has 0 spiro atoms. The van der Waals surface area contributed by atoms with E-state index in [0.717, 1.165) is 5.56 Å². The Morgan fingerprint density at radius 2 is 1.94 bits per heavy atom. The molecular formula is C24H29N3O5. The molecule has 0 radical (unpaired) electrons. The summed E-state index contributed by atoms with van der Waals surface area (Å²) in [5.41, 5.74) is 2.17. The van der Waals surface area contributed by atoms with E-state index in [0.29, 0.717) is 36.0 Å². The minimum atomic E-state index is -0.484. The van der Waals surface area contributed by atoms with Crippen molar-refractivity contribution in [3.63, 3.8) is 0 Å². The molecule has 1 atom stereocenters. The molecule has 3 amide bonds. The molecule has 2 aromatic rings. The fourth-order valence-electron chi connectivity index (χ4n) is 3.78. The van der Waals surface area contributed by atoms with Crippen LogP contribution >= 0.6 is 0 Å². The molecule has 0 saturated carbocycles. The second-order valence-electron chi connectivity index (χ2n) is 7.67. The summed E-state index contributed by atoms with van der Waals surface area (Å²) in [6.07, 6.45) is 0.120. The number of nitrogens with zero attached hydrogens (tertiary/aromatic N) is 2. The summed E-state index contributed by atoms with van der Waals surface area (Å²) in [6.45, 7) is 4.81. The third kappa shape index (κ3) is 5.19. The lowest BCUT2D eigenvalue weighted by Crippen LogP contribution is -2.29. The maximum absolute atomic E-state index is 12.9. The summed E-state index contributed by atoms with van der Waals surface area (Å²) in [7, 11) is 3.09. The molecule has 3 rings (SSSR count). The van der Waals surface area contributed by atoms with Gasteiger partial charge in [0.05, 0.1) is 25.8 Å². The van der Waals surface area contributed by atoms with Gasteiger partial charge in [0.15, 0.2) is 0 Å². The van der Waals surface area contributed by atoms with Crippen molar-refractivity contribution in [3.8, 4) is 11.5 Å². The van der Waals surface area contributed by atoms with Crippen LogP contribution < -0.4 is 19.7 Å². The number of rotatable bonds is 8. The van der Waals surface area contributed by atoms with E-state index in [1.807, 2.05) is 25.1 Å². The molecule has 1 saturated heterocycles. The fraction of sp³-hybridized carbons (Fsp3) is 0.375. The van der Waals surface area contributed by atoms with E-state index in [9.17, 15) is 14.4 Å². The minimum absolute atomic E-state index is 0.000424. The van der Waals surface area contributed by atoms with Crippen LogP contribution in [0.3, 0.4) is 0 Å². The number of anilines is 2. The second kappa shape index (κ2) is 10.2. The average molecular weight is 440 g/mol. The first-order valence-corrected chi connectivity index (χ1v) is 10.5. The van der Waals surface area contributed by atoms with Crippen LogP contribution in [0.2, 0.25) is 0 Å². The Morgan fingerprint density at radius 1 is 1.16 bits per heavy atom. The van der Waals surface area contributed by atoms with Crippen LogP contribution in [0.5, 0.6) is 11.5 Å². The highest BCUT2D eigenvalue weighted by atomic mass is 16.5. The number of carbonyl (C=O) groups is 3. The van der Waals surface area contributed by atoms with Crippen LogP contribution in [0.1, 0.15) is 25.8 Å². The Hall–Kier alpha value is -3.55. The zero-order valence-electron chi connectivity index (χ0n) is 18.9. The van der Waals surface area contributed by atoms with E-state index in [-0.39, 0.29) is 30.7 Å². The Balaban J connectivity index is 1.69. The molecule has 1 heterocycles. The number of ether oxygens (including phenoxy) is 2. The molecule has 0 aliphatic carbocycles. The van der Waals surface area contributed by atoms with Gasteiger partial charge in [-0.05, 0) is 36.8 Å². The average Bonchev–Trinajstić information content (AvgIpc) is 3.18. The summed E-state index contributed by atoms with van der Waals surface area (Å²) < 4.78 is 10.6. The molecule has 8 nitrogen and oxygen atoms in total. The van der Waals surface area contributed by atoms with Crippen molar-refractivity contribution in [2.45, 2.75) is 26.8 Å². The van der Waals surface area contributed by atoms with Gasteiger partial charge < -0.3 is 24.6 Å². The van der Waals surface area contributed by atoms with E-state index in [1.165, 1.54) is 14.0 Å². The lowest BCUT2D eigenvalue weighted by Gasteiger charge is -2.20. The van der Waals surface area contributed by atoms with Gasteiger partial charge in [-0.2, -0.15) is 0 Å². The largest absolute Gasteiger partial charge is 0.497 e. The Labute approximate surface area is 188 Å². The lowest BCUT2D eigenvalue weighted by atomic mass is 10.1. The zero-order chi connectivity index (χ0) is 23.3. The van der Waals surface area contributed by atoms with Gasteiger partial charge in [0.25, 0.3) is 0 Å². The smallest absolute Gasteiger partial charge is 0.229 e. The van der Waals surface area contributed by atoms with E-state index in [2.05, 4.69) is 5.32 Å². The van der Waals surface area contributed by atoms with Crippen LogP contribution in [0, 0.1) is 5.92 Å². The summed E-state index contributed by atoms with van der Waals surface area (Å²) in [4.78, 5) is 40.5. The standard InChI is InChI=1S/C24H29N3O5/c1-5-26(16(2)28)14-17-7-6-8-19(11-17)25-24(30)18-12-23(29)27(15-18)21-10-9-20(31-3)13-22(21)32-4/h6-11,13,18H,5,12,14-15H2,1-4H3,(H,25,30). The predicted molar refractivity (Wildman–Crippen MR) is 122 cm³/mol. The molecule has 1 N–H and O–H groups in total. The Kier molecular flexibility index (Phi) is 7.35. The van der Waals surface area contributed by atoms with Crippen molar-refractivity contribution in [1.82, 2.24) is 4.90 Å². The highest BCUT2D eigenvalue weighted by Gasteiger charge is 2.36. The number of carbonyl (C=O) groups excluding carboxylic acids is 3. The molecule has 1 aliphatic heterocycles. The Bertz CT molecular complexity index is 1010. The molecule has 0 aromatic heterocycles. The van der Waals surface area contributed by atoms with Crippen LogP contribution in [0.25, 0.3) is 0 Å². The van der Waals surface area contributed by atoms with Gasteiger partial charge in [-0.15, -0.1) is 0 Å². The summed E-state index contributed by atoms with van der Waals surface area (Å²) in [6, 6.07) is 12.6. The predicted octanol–water partition coefficient (Wildman–Crippen LogP) is 3.06. The van der Waals surface area contributed by atoms with Crippen LogP contribution in [-0.4, -0.2) is 49.9 Å². The maximum Gasteiger partial charge on any atom is 0.229 e. The number of benzene rings is 2. The summed E-state index contributed by atoms with van der Waals surface area (Å²) in [5, 5.41) is 2.91. The van der Waals surface area contributed by atoms with Crippen molar-refractivity contribution >= 4 is 29.1 Å². The maximum atomic E-state index is 12.9. The minimum Gasteiger partial charge on any atom is -0.497 e. The molecule has 32 heavy (non-hydrogen) atoms. The van der Waals surface area contributed by atoms with E-state index in [4.69, 9.17) is 9.47 Å². The normalized spacial score (nSPS) is 15.4. The van der Waals surface area contributed by atoms with E-state index >= 15 is 0 Å². The van der Waals surface area contributed by atoms with E-state index < -0.39 is 5.92 Å². The first-order chi connectivity index (χ1) is 15.4. The lowest BCUT2D eigenvalue weighted by molar-refractivity contribution is -0.129. The topological polar surface area (TPSA) is 88.2 Å². The van der Waals surface area contributed by atoms with Gasteiger partial charge in [0.1, 0.15) is 11.5 Å². The van der Waals surface area contributed by atoms with Gasteiger partial charge in [0.2, 0.25) is 17.7 Å². The van der Waals surface area contributed by atoms with Crippen molar-refractivity contribution < 1.29 is 23.9 Å². The Morgan fingerprint density at radius 3 is 2.59 bits per heavy atom. The van der Waals surface area contributed by atoms with Gasteiger partial charge in [-0.1, -0.05) is 12.1 Å². The first-order valence-electron chi connectivity index (χ1n) is 10.5. The summed E-state index contributed by atoms with van der Waals surface area (Å²) >= 11 is 0. The van der Waals surface area contributed by atoms with Gasteiger partial charge in [0, 0.05) is 44.7 Å². The highest BCUT2D eigenvalue weighted by Crippen LogP contribution is 2.36.